The van der Waals surface area contributed by atoms with Crippen LogP contribution in [0, 0.1) is 11.3 Å². The Morgan fingerprint density at radius 1 is 1.35 bits per heavy atom. The fourth-order valence-electron chi connectivity index (χ4n) is 1.52. The van der Waals surface area contributed by atoms with Crippen LogP contribution in [-0.4, -0.2) is 30.3 Å². The quantitative estimate of drug-likeness (QED) is 0.723. The van der Waals surface area contributed by atoms with Crippen LogP contribution in [0.1, 0.15) is 19.4 Å². The Morgan fingerprint density at radius 3 is 2.53 bits per heavy atom. The second-order valence-electron chi connectivity index (χ2n) is 4.11. The lowest BCUT2D eigenvalue weighted by Gasteiger charge is -2.18. The minimum absolute atomic E-state index is 0.00933. The third-order valence-electron chi connectivity index (χ3n) is 2.84. The van der Waals surface area contributed by atoms with Crippen LogP contribution in [0.2, 0.25) is 0 Å². The van der Waals surface area contributed by atoms with E-state index in [2.05, 4.69) is 42.2 Å². The lowest BCUT2D eigenvalue weighted by molar-refractivity contribution is 0.306. The second-order valence-corrected chi connectivity index (χ2v) is 5.45. The predicted molar refractivity (Wildman–Crippen MR) is 74.2 cm³/mol. The number of thioether (sulfide) groups is 1. The van der Waals surface area contributed by atoms with E-state index in [4.69, 9.17) is 5.26 Å². The Hall–Kier alpha value is -0.980. The normalized spacial score (nSPS) is 12.4. The summed E-state index contributed by atoms with van der Waals surface area (Å²) in [7, 11) is 2.00. The van der Waals surface area contributed by atoms with Gasteiger partial charge >= 0.3 is 0 Å². The first-order chi connectivity index (χ1) is 8.17. The Balaban J connectivity index is 2.45. The molecule has 17 heavy (non-hydrogen) atoms. The Bertz CT molecular complexity index is 367. The number of benzene rings is 1. The topological polar surface area (TPSA) is 27.0 Å². The van der Waals surface area contributed by atoms with Crippen molar-refractivity contribution in [3.8, 4) is 6.07 Å². The van der Waals surface area contributed by atoms with Gasteiger partial charge in [-0.3, -0.25) is 4.90 Å². The summed E-state index contributed by atoms with van der Waals surface area (Å²) in [6, 6.07) is 11.0. The molecule has 92 valence electrons. The first-order valence-corrected chi connectivity index (χ1v) is 6.97. The van der Waals surface area contributed by atoms with Crippen molar-refractivity contribution in [2.75, 3.05) is 19.3 Å². The van der Waals surface area contributed by atoms with Crippen LogP contribution in [-0.2, 0) is 6.42 Å². The number of nitrogens with zero attached hydrogens (tertiary/aromatic N) is 2. The number of nitriles is 1. The summed E-state index contributed by atoms with van der Waals surface area (Å²) < 4.78 is 0. The van der Waals surface area contributed by atoms with Crippen molar-refractivity contribution in [3.63, 3.8) is 0 Å². The van der Waals surface area contributed by atoms with Gasteiger partial charge in [-0.05, 0) is 43.8 Å². The van der Waals surface area contributed by atoms with Gasteiger partial charge in [0.25, 0.3) is 0 Å². The number of hydrogen-bond donors (Lipinski definition) is 0. The maximum Gasteiger partial charge on any atom is 0.0946 e. The summed E-state index contributed by atoms with van der Waals surface area (Å²) >= 11 is 1.86. The van der Waals surface area contributed by atoms with Crippen LogP contribution in [0.4, 0.5) is 0 Å². The number of rotatable bonds is 6. The zero-order valence-corrected chi connectivity index (χ0v) is 11.6. The summed E-state index contributed by atoms with van der Waals surface area (Å²) in [5, 5.41) is 8.80. The Kier molecular flexibility index (Phi) is 6.10. The average Bonchev–Trinajstić information content (AvgIpc) is 2.37. The standard InChI is InChI=1S/C14H20N2S/c1-4-17-14-7-5-13(6-8-14)9-10-16(3)12(2)11-15/h5-8,12H,4,9-10H2,1-3H3. The molecule has 1 aromatic rings. The fourth-order valence-corrected chi connectivity index (χ4v) is 2.18. The Morgan fingerprint density at radius 2 is 2.00 bits per heavy atom. The molecule has 0 amide bonds. The highest BCUT2D eigenvalue weighted by molar-refractivity contribution is 7.99. The molecule has 0 saturated heterocycles. The van der Waals surface area contributed by atoms with E-state index in [-0.39, 0.29) is 6.04 Å². The Labute approximate surface area is 109 Å². The van der Waals surface area contributed by atoms with Crippen LogP contribution in [0.5, 0.6) is 0 Å². The summed E-state index contributed by atoms with van der Waals surface area (Å²) in [5.74, 6) is 1.11. The summed E-state index contributed by atoms with van der Waals surface area (Å²) in [6.45, 7) is 5.02. The van der Waals surface area contributed by atoms with Crippen molar-refractivity contribution >= 4 is 11.8 Å². The van der Waals surface area contributed by atoms with Crippen LogP contribution < -0.4 is 0 Å². The monoisotopic (exact) mass is 248 g/mol. The van der Waals surface area contributed by atoms with Crippen molar-refractivity contribution in [2.24, 2.45) is 0 Å². The van der Waals surface area contributed by atoms with E-state index in [1.54, 1.807) is 0 Å². The number of hydrogen-bond acceptors (Lipinski definition) is 3. The summed E-state index contributed by atoms with van der Waals surface area (Å²) in [6.07, 6.45) is 1.000. The molecule has 0 aliphatic heterocycles. The minimum atomic E-state index is -0.00933. The van der Waals surface area contributed by atoms with Gasteiger partial charge in [-0.15, -0.1) is 11.8 Å². The molecule has 1 unspecified atom stereocenters. The molecule has 0 spiro atoms. The van der Waals surface area contributed by atoms with Crippen molar-refractivity contribution in [1.29, 1.82) is 5.26 Å². The highest BCUT2D eigenvalue weighted by atomic mass is 32.2. The highest BCUT2D eigenvalue weighted by Gasteiger charge is 2.06. The van der Waals surface area contributed by atoms with Gasteiger partial charge in [-0.2, -0.15) is 5.26 Å². The highest BCUT2D eigenvalue weighted by Crippen LogP contribution is 2.18. The molecule has 0 N–H and O–H groups in total. The molecular formula is C14H20N2S. The van der Waals surface area contributed by atoms with E-state index in [9.17, 15) is 0 Å². The van der Waals surface area contributed by atoms with Gasteiger partial charge in [-0.1, -0.05) is 19.1 Å². The van der Waals surface area contributed by atoms with E-state index in [1.165, 1.54) is 10.5 Å². The molecule has 0 heterocycles. The van der Waals surface area contributed by atoms with Gasteiger partial charge in [0.15, 0.2) is 0 Å². The molecule has 2 nitrogen and oxygen atoms in total. The molecule has 1 atom stereocenters. The molecule has 0 bridgehead atoms. The maximum absolute atomic E-state index is 8.80. The molecule has 1 aromatic carbocycles. The third kappa shape index (κ3) is 4.80. The van der Waals surface area contributed by atoms with Gasteiger partial charge in [0.1, 0.15) is 0 Å². The molecule has 1 rings (SSSR count). The zero-order valence-electron chi connectivity index (χ0n) is 10.8. The lowest BCUT2D eigenvalue weighted by Crippen LogP contribution is -2.29. The van der Waals surface area contributed by atoms with Crippen molar-refractivity contribution < 1.29 is 0 Å². The molecule has 0 aliphatic carbocycles. The minimum Gasteiger partial charge on any atom is -0.291 e. The summed E-state index contributed by atoms with van der Waals surface area (Å²) in [5.41, 5.74) is 1.34. The van der Waals surface area contributed by atoms with E-state index < -0.39 is 0 Å². The van der Waals surface area contributed by atoms with Gasteiger partial charge in [0, 0.05) is 11.4 Å². The van der Waals surface area contributed by atoms with Gasteiger partial charge in [0.05, 0.1) is 12.1 Å². The fraction of sp³-hybridized carbons (Fsp3) is 0.500. The molecule has 0 radical (unpaired) electrons. The van der Waals surface area contributed by atoms with Crippen molar-refractivity contribution in [3.05, 3.63) is 29.8 Å². The zero-order chi connectivity index (χ0) is 12.7. The molecule has 3 heteroatoms. The first kappa shape index (κ1) is 14.1. The van der Waals surface area contributed by atoms with Gasteiger partial charge < -0.3 is 0 Å². The molecule has 0 aliphatic rings. The second kappa shape index (κ2) is 7.37. The molecular weight excluding hydrogens is 228 g/mol. The van der Waals surface area contributed by atoms with Gasteiger partial charge in [-0.25, -0.2) is 0 Å². The molecule has 0 saturated carbocycles. The van der Waals surface area contributed by atoms with Crippen LogP contribution in [0.15, 0.2) is 29.2 Å². The molecule has 0 aromatic heterocycles. The van der Waals surface area contributed by atoms with Gasteiger partial charge in [0.2, 0.25) is 0 Å². The average molecular weight is 248 g/mol. The first-order valence-electron chi connectivity index (χ1n) is 5.99. The van der Waals surface area contributed by atoms with E-state index in [0.717, 1.165) is 18.7 Å². The largest absolute Gasteiger partial charge is 0.291 e. The van der Waals surface area contributed by atoms with Crippen molar-refractivity contribution in [2.45, 2.75) is 31.2 Å². The van der Waals surface area contributed by atoms with Crippen molar-refractivity contribution in [1.82, 2.24) is 4.90 Å². The van der Waals surface area contributed by atoms with Crippen LogP contribution in [0.3, 0.4) is 0 Å². The maximum atomic E-state index is 8.80. The van der Waals surface area contributed by atoms with Crippen LogP contribution >= 0.6 is 11.8 Å². The molecule has 0 fully saturated rings. The number of likely N-dealkylation sites (N-methyl/N-ethyl adjacent to an activating group) is 1. The van der Waals surface area contributed by atoms with E-state index in [1.807, 2.05) is 25.7 Å². The SMILES string of the molecule is CCSc1ccc(CCN(C)C(C)C#N)cc1. The lowest BCUT2D eigenvalue weighted by atomic mass is 10.1. The predicted octanol–water partition coefficient (Wildman–Crippen LogP) is 3.18. The van der Waals surface area contributed by atoms with E-state index >= 15 is 0 Å². The van der Waals surface area contributed by atoms with Crippen LogP contribution in [0.25, 0.3) is 0 Å². The summed E-state index contributed by atoms with van der Waals surface area (Å²) in [4.78, 5) is 3.41. The smallest absolute Gasteiger partial charge is 0.0946 e. The third-order valence-corrected chi connectivity index (χ3v) is 3.73. The van der Waals surface area contributed by atoms with E-state index in [0.29, 0.717) is 0 Å².